The minimum atomic E-state index is -3.01. The van der Waals surface area contributed by atoms with Crippen LogP contribution < -0.4 is 5.73 Å². The molecule has 1 amide bonds. The number of nitrogens with zero attached hydrogens (tertiary/aromatic N) is 1. The SMILES string of the molecule is CC1CS(=O)(=O)CCN1C(=O)c1csc(C#CCN)c1. The molecule has 5 nitrogen and oxygen atoms in total. The fourth-order valence-corrected chi connectivity index (χ4v) is 4.42. The van der Waals surface area contributed by atoms with Crippen LogP contribution in [-0.4, -0.2) is 49.9 Å². The number of hydrogen-bond donors (Lipinski definition) is 1. The van der Waals surface area contributed by atoms with Crippen molar-refractivity contribution in [3.63, 3.8) is 0 Å². The molecule has 1 unspecified atom stereocenters. The highest BCUT2D eigenvalue weighted by Gasteiger charge is 2.31. The predicted octanol–water partition coefficient (Wildman–Crippen LogP) is 0.317. The largest absolute Gasteiger partial charge is 0.334 e. The van der Waals surface area contributed by atoms with E-state index < -0.39 is 9.84 Å². The summed E-state index contributed by atoms with van der Waals surface area (Å²) in [6.07, 6.45) is 0. The molecule has 2 heterocycles. The van der Waals surface area contributed by atoms with Crippen LogP contribution in [0.1, 0.15) is 22.2 Å². The summed E-state index contributed by atoms with van der Waals surface area (Å²) < 4.78 is 23.0. The molecule has 1 saturated heterocycles. The standard InChI is InChI=1S/C13H16N2O3S2/c1-10-9-20(17,18)6-5-15(10)13(16)11-7-12(19-8-11)3-2-4-14/h7-8,10H,4-6,9,14H2,1H3. The first-order chi connectivity index (χ1) is 9.43. The van der Waals surface area contributed by atoms with Gasteiger partial charge in [0.25, 0.3) is 5.91 Å². The van der Waals surface area contributed by atoms with Gasteiger partial charge < -0.3 is 10.6 Å². The van der Waals surface area contributed by atoms with E-state index in [4.69, 9.17) is 5.73 Å². The average molecular weight is 312 g/mol. The van der Waals surface area contributed by atoms with Gasteiger partial charge in [-0.15, -0.1) is 11.3 Å². The second-order valence-corrected chi connectivity index (χ2v) is 7.81. The van der Waals surface area contributed by atoms with E-state index in [1.54, 1.807) is 23.3 Å². The highest BCUT2D eigenvalue weighted by Crippen LogP contribution is 2.19. The van der Waals surface area contributed by atoms with E-state index in [9.17, 15) is 13.2 Å². The molecule has 2 N–H and O–H groups in total. The highest BCUT2D eigenvalue weighted by molar-refractivity contribution is 7.91. The van der Waals surface area contributed by atoms with Gasteiger partial charge in [0.05, 0.1) is 28.5 Å². The van der Waals surface area contributed by atoms with Gasteiger partial charge in [-0.2, -0.15) is 0 Å². The Labute approximate surface area is 122 Å². The summed E-state index contributed by atoms with van der Waals surface area (Å²) in [5.74, 6) is 5.55. The third kappa shape index (κ3) is 3.39. The first-order valence-electron chi connectivity index (χ1n) is 6.22. The van der Waals surface area contributed by atoms with Crippen LogP contribution in [0.15, 0.2) is 11.4 Å². The van der Waals surface area contributed by atoms with E-state index in [1.807, 2.05) is 0 Å². The zero-order valence-electron chi connectivity index (χ0n) is 11.1. The molecule has 0 spiro atoms. The zero-order chi connectivity index (χ0) is 14.8. The molecule has 1 aliphatic rings. The summed E-state index contributed by atoms with van der Waals surface area (Å²) in [6.45, 7) is 2.29. The molecule has 20 heavy (non-hydrogen) atoms. The maximum absolute atomic E-state index is 12.4. The van der Waals surface area contributed by atoms with E-state index in [1.165, 1.54) is 11.3 Å². The van der Waals surface area contributed by atoms with Crippen molar-refractivity contribution in [1.29, 1.82) is 0 Å². The molecule has 1 aromatic heterocycles. The van der Waals surface area contributed by atoms with Crippen LogP contribution in [0.2, 0.25) is 0 Å². The molecule has 0 aliphatic carbocycles. The van der Waals surface area contributed by atoms with Gasteiger partial charge in [-0.3, -0.25) is 4.79 Å². The van der Waals surface area contributed by atoms with E-state index in [0.717, 1.165) is 4.88 Å². The smallest absolute Gasteiger partial charge is 0.255 e. The van der Waals surface area contributed by atoms with Gasteiger partial charge in [0.15, 0.2) is 9.84 Å². The summed E-state index contributed by atoms with van der Waals surface area (Å²) in [5, 5.41) is 1.75. The van der Waals surface area contributed by atoms with Gasteiger partial charge in [-0.1, -0.05) is 11.8 Å². The third-order valence-corrected chi connectivity index (χ3v) is 5.73. The van der Waals surface area contributed by atoms with Crippen molar-refractivity contribution in [2.24, 2.45) is 5.73 Å². The number of sulfone groups is 1. The minimum Gasteiger partial charge on any atom is -0.334 e. The molecule has 1 aliphatic heterocycles. The molecule has 0 saturated carbocycles. The second-order valence-electron chi connectivity index (χ2n) is 4.67. The van der Waals surface area contributed by atoms with Crippen LogP contribution in [0.25, 0.3) is 0 Å². The molecule has 0 aromatic carbocycles. The summed E-state index contributed by atoms with van der Waals surface area (Å²) in [4.78, 5) is 14.8. The van der Waals surface area contributed by atoms with Crippen LogP contribution in [0.5, 0.6) is 0 Å². The van der Waals surface area contributed by atoms with Crippen LogP contribution in [-0.2, 0) is 9.84 Å². The van der Waals surface area contributed by atoms with Gasteiger partial charge in [0, 0.05) is 18.0 Å². The topological polar surface area (TPSA) is 80.5 Å². The summed E-state index contributed by atoms with van der Waals surface area (Å²) in [7, 11) is -3.01. The highest BCUT2D eigenvalue weighted by atomic mass is 32.2. The van der Waals surface area contributed by atoms with E-state index >= 15 is 0 Å². The predicted molar refractivity (Wildman–Crippen MR) is 79.4 cm³/mol. The first kappa shape index (κ1) is 15.0. The molecule has 0 bridgehead atoms. The quantitative estimate of drug-likeness (QED) is 0.757. The van der Waals surface area contributed by atoms with Gasteiger partial charge in [-0.25, -0.2) is 8.42 Å². The lowest BCUT2D eigenvalue weighted by atomic mass is 10.2. The molecule has 7 heteroatoms. The normalized spacial score (nSPS) is 21.1. The van der Waals surface area contributed by atoms with Crippen LogP contribution in [0, 0.1) is 11.8 Å². The molecule has 2 rings (SSSR count). The molecule has 108 valence electrons. The number of rotatable bonds is 1. The Kier molecular flexibility index (Phi) is 4.48. The summed E-state index contributed by atoms with van der Waals surface area (Å²) in [6, 6.07) is 1.44. The third-order valence-electron chi connectivity index (χ3n) is 3.09. The zero-order valence-corrected chi connectivity index (χ0v) is 12.8. The van der Waals surface area contributed by atoms with Crippen LogP contribution >= 0.6 is 11.3 Å². The number of amides is 1. The van der Waals surface area contributed by atoms with Gasteiger partial charge in [0.1, 0.15) is 0 Å². The lowest BCUT2D eigenvalue weighted by Crippen LogP contribution is -2.49. The Balaban J connectivity index is 2.13. The van der Waals surface area contributed by atoms with Crippen molar-refractivity contribution in [2.45, 2.75) is 13.0 Å². The average Bonchev–Trinajstić information content (AvgIpc) is 2.83. The van der Waals surface area contributed by atoms with E-state index in [-0.39, 0.29) is 36.5 Å². The van der Waals surface area contributed by atoms with Crippen molar-refractivity contribution in [1.82, 2.24) is 4.90 Å². The number of thiophene rings is 1. The Morgan fingerprint density at radius 1 is 1.60 bits per heavy atom. The monoisotopic (exact) mass is 312 g/mol. The Bertz CT molecular complexity index is 667. The molecule has 0 radical (unpaired) electrons. The maximum atomic E-state index is 12.4. The first-order valence-corrected chi connectivity index (χ1v) is 8.92. The molecular weight excluding hydrogens is 296 g/mol. The molecule has 1 atom stereocenters. The number of nitrogens with two attached hydrogens (primary N) is 1. The summed E-state index contributed by atoms with van der Waals surface area (Å²) >= 11 is 1.39. The maximum Gasteiger partial charge on any atom is 0.255 e. The van der Waals surface area contributed by atoms with Crippen molar-refractivity contribution < 1.29 is 13.2 Å². The minimum absolute atomic E-state index is 0.0305. The van der Waals surface area contributed by atoms with Crippen LogP contribution in [0.4, 0.5) is 0 Å². The summed E-state index contributed by atoms with van der Waals surface area (Å²) in [5.41, 5.74) is 5.86. The van der Waals surface area contributed by atoms with Crippen molar-refractivity contribution in [3.8, 4) is 11.8 Å². The number of carbonyl (C=O) groups excluding carboxylic acids is 1. The number of hydrogen-bond acceptors (Lipinski definition) is 5. The fourth-order valence-electron chi connectivity index (χ4n) is 2.12. The van der Waals surface area contributed by atoms with Crippen molar-refractivity contribution in [2.75, 3.05) is 24.6 Å². The van der Waals surface area contributed by atoms with Crippen molar-refractivity contribution in [3.05, 3.63) is 21.9 Å². The van der Waals surface area contributed by atoms with Gasteiger partial charge in [0.2, 0.25) is 0 Å². The van der Waals surface area contributed by atoms with Crippen molar-refractivity contribution >= 4 is 27.1 Å². The van der Waals surface area contributed by atoms with Crippen LogP contribution in [0.3, 0.4) is 0 Å². The molecule has 1 aromatic rings. The Morgan fingerprint density at radius 2 is 2.35 bits per heavy atom. The molecule has 1 fully saturated rings. The lowest BCUT2D eigenvalue weighted by molar-refractivity contribution is 0.0713. The second kappa shape index (κ2) is 5.95. The lowest BCUT2D eigenvalue weighted by Gasteiger charge is -2.32. The fraction of sp³-hybridized carbons (Fsp3) is 0.462. The Hall–Kier alpha value is -1.36. The number of carbonyl (C=O) groups is 1. The molecular formula is C13H16N2O3S2. The Morgan fingerprint density at radius 3 is 3.00 bits per heavy atom. The van der Waals surface area contributed by atoms with Gasteiger partial charge >= 0.3 is 0 Å². The van der Waals surface area contributed by atoms with E-state index in [2.05, 4.69) is 11.8 Å². The van der Waals surface area contributed by atoms with Gasteiger partial charge in [-0.05, 0) is 13.0 Å². The van der Waals surface area contributed by atoms with E-state index in [0.29, 0.717) is 5.56 Å².